The van der Waals surface area contributed by atoms with Crippen LogP contribution < -0.4 is 11.5 Å². The van der Waals surface area contributed by atoms with Gasteiger partial charge in [-0.15, -0.1) is 0 Å². The van der Waals surface area contributed by atoms with Gasteiger partial charge in [0.1, 0.15) is 23.1 Å². The zero-order chi connectivity index (χ0) is 16.7. The van der Waals surface area contributed by atoms with E-state index in [9.17, 15) is 0 Å². The zero-order valence-electron chi connectivity index (χ0n) is 13.1. The van der Waals surface area contributed by atoms with Gasteiger partial charge >= 0.3 is 0 Å². The molecule has 7 heteroatoms. The molecule has 0 bridgehead atoms. The smallest absolute Gasteiger partial charge is 0.221 e. The molecule has 1 atom stereocenters. The Morgan fingerprint density at radius 2 is 2.04 bits per heavy atom. The summed E-state index contributed by atoms with van der Waals surface area (Å²) in [5, 5.41) is 8.63. The standard InChI is InChI=1S/C17H16N6O/c1-9-7-10(4-5-11(9)18)8-12-14-16(23-22-12)15(21-17(19)20-14)13-3-2-6-24-13/h2-7,12H,8,18H2,1H3,(H2,19,20,21). The van der Waals surface area contributed by atoms with Gasteiger partial charge < -0.3 is 15.9 Å². The Morgan fingerprint density at radius 3 is 2.79 bits per heavy atom. The highest BCUT2D eigenvalue weighted by atomic mass is 16.3. The quantitative estimate of drug-likeness (QED) is 0.715. The van der Waals surface area contributed by atoms with Crippen molar-refractivity contribution in [3.05, 3.63) is 53.4 Å². The first-order valence-corrected chi connectivity index (χ1v) is 7.59. The fraction of sp³-hybridized carbons (Fsp3) is 0.176. The third kappa shape index (κ3) is 2.40. The number of rotatable bonds is 3. The van der Waals surface area contributed by atoms with Crippen LogP contribution in [-0.4, -0.2) is 9.97 Å². The van der Waals surface area contributed by atoms with Crippen LogP contribution >= 0.6 is 0 Å². The van der Waals surface area contributed by atoms with Gasteiger partial charge in [-0.25, -0.2) is 9.97 Å². The van der Waals surface area contributed by atoms with Crippen LogP contribution in [0.3, 0.4) is 0 Å². The van der Waals surface area contributed by atoms with E-state index >= 15 is 0 Å². The highest BCUT2D eigenvalue weighted by molar-refractivity contribution is 5.72. The minimum atomic E-state index is -0.193. The number of hydrogen-bond donors (Lipinski definition) is 2. The molecule has 1 aliphatic heterocycles. The molecule has 0 spiro atoms. The predicted molar refractivity (Wildman–Crippen MR) is 90.7 cm³/mol. The number of nitrogen functional groups attached to an aromatic ring is 2. The molecule has 2 aromatic heterocycles. The number of aryl methyl sites for hydroxylation is 1. The molecule has 1 unspecified atom stereocenters. The van der Waals surface area contributed by atoms with E-state index < -0.39 is 0 Å². The maximum absolute atomic E-state index is 5.88. The maximum atomic E-state index is 5.88. The minimum absolute atomic E-state index is 0.186. The summed E-state index contributed by atoms with van der Waals surface area (Å²) in [4.78, 5) is 8.61. The van der Waals surface area contributed by atoms with Crippen LogP contribution in [0.25, 0.3) is 11.5 Å². The molecule has 0 amide bonds. The van der Waals surface area contributed by atoms with Gasteiger partial charge in [-0.05, 0) is 36.2 Å². The van der Waals surface area contributed by atoms with Gasteiger partial charge in [0, 0.05) is 12.1 Å². The number of benzene rings is 1. The molecule has 0 radical (unpaired) electrons. The normalized spacial score (nSPS) is 15.6. The summed E-state index contributed by atoms with van der Waals surface area (Å²) >= 11 is 0. The van der Waals surface area contributed by atoms with Crippen molar-refractivity contribution < 1.29 is 4.42 Å². The Morgan fingerprint density at radius 1 is 1.17 bits per heavy atom. The Labute approximate surface area is 138 Å². The van der Waals surface area contributed by atoms with E-state index in [1.807, 2.05) is 25.1 Å². The van der Waals surface area contributed by atoms with Gasteiger partial charge in [0.25, 0.3) is 0 Å². The minimum Gasteiger partial charge on any atom is -0.463 e. The van der Waals surface area contributed by atoms with Crippen molar-refractivity contribution in [2.45, 2.75) is 19.4 Å². The molecule has 0 saturated carbocycles. The second-order valence-electron chi connectivity index (χ2n) is 5.77. The number of fused-ring (bicyclic) bond motifs is 1. The average Bonchev–Trinajstić information content (AvgIpc) is 3.21. The summed E-state index contributed by atoms with van der Waals surface area (Å²) in [5.41, 5.74) is 16.6. The number of anilines is 2. The third-order valence-electron chi connectivity index (χ3n) is 4.06. The molecular weight excluding hydrogens is 304 g/mol. The number of azo groups is 1. The monoisotopic (exact) mass is 320 g/mol. The Bertz CT molecular complexity index is 933. The van der Waals surface area contributed by atoms with Gasteiger partial charge in [0.15, 0.2) is 5.76 Å². The summed E-state index contributed by atoms with van der Waals surface area (Å²) in [6.45, 7) is 1.98. The number of hydrogen-bond acceptors (Lipinski definition) is 7. The van der Waals surface area contributed by atoms with Gasteiger partial charge in [-0.2, -0.15) is 10.2 Å². The number of nitrogens with two attached hydrogens (primary N) is 2. The van der Waals surface area contributed by atoms with Gasteiger partial charge in [0.2, 0.25) is 5.95 Å². The maximum Gasteiger partial charge on any atom is 0.221 e. The lowest BCUT2D eigenvalue weighted by molar-refractivity contribution is 0.580. The molecule has 0 fully saturated rings. The van der Waals surface area contributed by atoms with E-state index in [1.54, 1.807) is 12.3 Å². The second-order valence-corrected chi connectivity index (χ2v) is 5.77. The molecule has 24 heavy (non-hydrogen) atoms. The Hall–Kier alpha value is -3.22. The topological polar surface area (TPSA) is 116 Å². The summed E-state index contributed by atoms with van der Waals surface area (Å²) in [6, 6.07) is 9.37. The zero-order valence-corrected chi connectivity index (χ0v) is 13.1. The van der Waals surface area contributed by atoms with Crippen molar-refractivity contribution in [2.75, 3.05) is 11.5 Å². The summed E-state index contributed by atoms with van der Waals surface area (Å²) < 4.78 is 5.42. The molecule has 1 aromatic carbocycles. The van der Waals surface area contributed by atoms with E-state index in [0.29, 0.717) is 23.6 Å². The molecule has 4 rings (SSSR count). The molecule has 7 nitrogen and oxygen atoms in total. The van der Waals surface area contributed by atoms with E-state index in [1.165, 1.54) is 0 Å². The molecule has 3 aromatic rings. The first-order chi connectivity index (χ1) is 11.6. The number of aromatic nitrogens is 2. The van der Waals surface area contributed by atoms with Crippen molar-refractivity contribution >= 4 is 17.3 Å². The first-order valence-electron chi connectivity index (χ1n) is 7.59. The fourth-order valence-electron chi connectivity index (χ4n) is 2.81. The molecule has 3 heterocycles. The first kappa shape index (κ1) is 14.4. The second kappa shape index (κ2) is 5.45. The van der Waals surface area contributed by atoms with Crippen molar-refractivity contribution in [1.82, 2.24) is 9.97 Å². The van der Waals surface area contributed by atoms with Gasteiger partial charge in [-0.3, -0.25) is 0 Å². The molecule has 4 N–H and O–H groups in total. The molecule has 1 aliphatic rings. The lowest BCUT2D eigenvalue weighted by Gasteiger charge is -2.10. The SMILES string of the molecule is Cc1cc(CC2N=Nc3c(-c4ccco4)nc(N)nc32)ccc1N. The predicted octanol–water partition coefficient (Wildman–Crippen LogP) is 3.59. The van der Waals surface area contributed by atoms with Gasteiger partial charge in [-0.1, -0.05) is 12.1 Å². The largest absolute Gasteiger partial charge is 0.463 e. The molecule has 0 aliphatic carbocycles. The van der Waals surface area contributed by atoms with Gasteiger partial charge in [0.05, 0.1) is 6.26 Å². The average molecular weight is 320 g/mol. The highest BCUT2D eigenvalue weighted by Crippen LogP contribution is 2.42. The van der Waals surface area contributed by atoms with Crippen LogP contribution in [0.1, 0.15) is 22.9 Å². The van der Waals surface area contributed by atoms with E-state index in [-0.39, 0.29) is 12.0 Å². The van der Waals surface area contributed by atoms with Crippen LogP contribution in [0, 0.1) is 6.92 Å². The van der Waals surface area contributed by atoms with Crippen molar-refractivity contribution in [1.29, 1.82) is 0 Å². The molecular formula is C17H16N6O. The molecule has 0 saturated heterocycles. The molecule has 120 valence electrons. The van der Waals surface area contributed by atoms with Crippen LogP contribution in [0.15, 0.2) is 51.2 Å². The number of nitrogens with zero attached hydrogens (tertiary/aromatic N) is 4. The third-order valence-corrected chi connectivity index (χ3v) is 4.06. The summed E-state index contributed by atoms with van der Waals surface area (Å²) in [7, 11) is 0. The van der Waals surface area contributed by atoms with Crippen LogP contribution in [0.2, 0.25) is 0 Å². The lowest BCUT2D eigenvalue weighted by Crippen LogP contribution is -2.05. The summed E-state index contributed by atoms with van der Waals surface area (Å²) in [5.74, 6) is 0.786. The Balaban J connectivity index is 1.71. The lowest BCUT2D eigenvalue weighted by atomic mass is 10.0. The van der Waals surface area contributed by atoms with Crippen LogP contribution in [-0.2, 0) is 6.42 Å². The van der Waals surface area contributed by atoms with Crippen molar-refractivity contribution in [2.24, 2.45) is 10.2 Å². The van der Waals surface area contributed by atoms with Crippen molar-refractivity contribution in [3.8, 4) is 11.5 Å². The fourth-order valence-corrected chi connectivity index (χ4v) is 2.81. The van der Waals surface area contributed by atoms with Crippen LogP contribution in [0.5, 0.6) is 0 Å². The van der Waals surface area contributed by atoms with E-state index in [2.05, 4.69) is 26.3 Å². The summed E-state index contributed by atoms with van der Waals surface area (Å²) in [6.07, 6.45) is 2.26. The number of furan rings is 1. The van der Waals surface area contributed by atoms with E-state index in [0.717, 1.165) is 22.5 Å². The highest BCUT2D eigenvalue weighted by Gasteiger charge is 2.28. The van der Waals surface area contributed by atoms with E-state index in [4.69, 9.17) is 15.9 Å². The van der Waals surface area contributed by atoms with Crippen molar-refractivity contribution in [3.63, 3.8) is 0 Å². The van der Waals surface area contributed by atoms with Crippen LogP contribution in [0.4, 0.5) is 17.3 Å². The Kier molecular flexibility index (Phi) is 3.26.